The minimum atomic E-state index is -0.547. The van der Waals surface area contributed by atoms with Crippen LogP contribution in [0.25, 0.3) is 33.9 Å². The molecule has 1 aromatic carbocycles. The number of hydrogen-bond donors (Lipinski definition) is 0. The van der Waals surface area contributed by atoms with Crippen molar-refractivity contribution in [1.82, 2.24) is 15.2 Å². The topological polar surface area (TPSA) is 91.3 Å². The monoisotopic (exact) mass is 335 g/mol. The van der Waals surface area contributed by atoms with E-state index in [1.54, 1.807) is 37.7 Å². The van der Waals surface area contributed by atoms with E-state index in [0.717, 1.165) is 16.5 Å². The molecular weight excluding hydrogens is 322 g/mol. The Labute approximate surface area is 141 Å². The predicted molar refractivity (Wildman–Crippen MR) is 90.3 cm³/mol. The van der Waals surface area contributed by atoms with Gasteiger partial charge in [0.25, 0.3) is 5.89 Å². The number of pyridine rings is 1. The molecule has 7 nitrogen and oxygen atoms in total. The maximum atomic E-state index is 12.4. The van der Waals surface area contributed by atoms with E-state index in [9.17, 15) is 4.79 Å². The Morgan fingerprint density at radius 2 is 1.76 bits per heavy atom. The second kappa shape index (κ2) is 5.86. The predicted octanol–water partition coefficient (Wildman–Crippen LogP) is 3.22. The molecule has 0 saturated carbocycles. The lowest BCUT2D eigenvalue weighted by atomic mass is 10.1. The highest BCUT2D eigenvalue weighted by atomic mass is 16.5. The van der Waals surface area contributed by atoms with E-state index < -0.39 is 5.63 Å². The highest BCUT2D eigenvalue weighted by molar-refractivity contribution is 5.84. The van der Waals surface area contributed by atoms with E-state index in [1.807, 2.05) is 19.1 Å². The first-order chi connectivity index (χ1) is 12.2. The molecular formula is C18H13N3O4. The summed E-state index contributed by atoms with van der Waals surface area (Å²) >= 11 is 0. The number of fused-ring (bicyclic) bond motifs is 1. The van der Waals surface area contributed by atoms with E-state index >= 15 is 0 Å². The van der Waals surface area contributed by atoms with Crippen LogP contribution in [0.3, 0.4) is 0 Å². The Bertz CT molecular complexity index is 1120. The van der Waals surface area contributed by atoms with Gasteiger partial charge in [0.05, 0.1) is 7.11 Å². The maximum Gasteiger partial charge on any atom is 0.349 e. The lowest BCUT2D eigenvalue weighted by Crippen LogP contribution is -2.04. The summed E-state index contributed by atoms with van der Waals surface area (Å²) < 4.78 is 16.3. The van der Waals surface area contributed by atoms with Crippen molar-refractivity contribution in [3.8, 4) is 28.7 Å². The standard InChI is InChI=1S/C18H13N3O4/c1-10-14(23-2)4-3-12-9-13(18(22)24-15(10)12)17-21-20-16(25-17)11-5-7-19-8-6-11/h3-9H,1-2H3. The van der Waals surface area contributed by atoms with Crippen LogP contribution in [0.2, 0.25) is 0 Å². The lowest BCUT2D eigenvalue weighted by molar-refractivity contribution is 0.410. The number of hydrogen-bond acceptors (Lipinski definition) is 7. The quantitative estimate of drug-likeness (QED) is 0.531. The molecule has 7 heteroatoms. The molecule has 4 aromatic rings. The molecule has 124 valence electrons. The van der Waals surface area contributed by atoms with Crippen molar-refractivity contribution in [3.63, 3.8) is 0 Å². The van der Waals surface area contributed by atoms with Gasteiger partial charge in [-0.3, -0.25) is 4.98 Å². The van der Waals surface area contributed by atoms with Gasteiger partial charge in [0.1, 0.15) is 16.9 Å². The van der Waals surface area contributed by atoms with Gasteiger partial charge in [0.15, 0.2) is 0 Å². The first-order valence-electron chi connectivity index (χ1n) is 7.53. The van der Waals surface area contributed by atoms with Gasteiger partial charge in [-0.2, -0.15) is 0 Å². The van der Waals surface area contributed by atoms with Crippen LogP contribution in [0.5, 0.6) is 5.75 Å². The molecule has 0 atom stereocenters. The Morgan fingerprint density at radius 3 is 2.52 bits per heavy atom. The van der Waals surface area contributed by atoms with Crippen molar-refractivity contribution >= 4 is 11.0 Å². The fourth-order valence-corrected chi connectivity index (χ4v) is 2.62. The molecule has 3 aromatic heterocycles. The van der Waals surface area contributed by atoms with Crippen molar-refractivity contribution in [2.45, 2.75) is 6.92 Å². The summed E-state index contributed by atoms with van der Waals surface area (Å²) in [5.74, 6) is 1.07. The third kappa shape index (κ3) is 2.55. The van der Waals surface area contributed by atoms with Crippen molar-refractivity contribution in [1.29, 1.82) is 0 Å². The minimum absolute atomic E-state index is 0.107. The minimum Gasteiger partial charge on any atom is -0.496 e. The van der Waals surface area contributed by atoms with Crippen LogP contribution in [-0.2, 0) is 0 Å². The molecule has 0 saturated heterocycles. The van der Waals surface area contributed by atoms with E-state index in [2.05, 4.69) is 15.2 Å². The number of aromatic nitrogens is 3. The zero-order chi connectivity index (χ0) is 17.4. The zero-order valence-electron chi connectivity index (χ0n) is 13.5. The summed E-state index contributed by atoms with van der Waals surface area (Å²) in [6.45, 7) is 1.83. The van der Waals surface area contributed by atoms with Crippen LogP contribution >= 0.6 is 0 Å². The normalized spacial score (nSPS) is 11.0. The fourth-order valence-electron chi connectivity index (χ4n) is 2.62. The van der Waals surface area contributed by atoms with E-state index in [0.29, 0.717) is 17.2 Å². The van der Waals surface area contributed by atoms with E-state index in [4.69, 9.17) is 13.6 Å². The van der Waals surface area contributed by atoms with Gasteiger partial charge in [-0.15, -0.1) is 10.2 Å². The van der Waals surface area contributed by atoms with Crippen LogP contribution in [0.1, 0.15) is 5.56 Å². The molecule has 0 aliphatic heterocycles. The van der Waals surface area contributed by atoms with Crippen molar-refractivity contribution < 1.29 is 13.6 Å². The zero-order valence-corrected chi connectivity index (χ0v) is 13.5. The van der Waals surface area contributed by atoms with Crippen molar-refractivity contribution in [2.75, 3.05) is 7.11 Å². The van der Waals surface area contributed by atoms with Crippen LogP contribution in [0.15, 0.2) is 56.4 Å². The van der Waals surface area contributed by atoms with Crippen LogP contribution in [0.4, 0.5) is 0 Å². The van der Waals surface area contributed by atoms with Crippen molar-refractivity contribution in [3.05, 3.63) is 58.7 Å². The molecule has 25 heavy (non-hydrogen) atoms. The summed E-state index contributed by atoms with van der Waals surface area (Å²) in [4.78, 5) is 16.3. The number of benzene rings is 1. The molecule has 0 bridgehead atoms. The third-order valence-corrected chi connectivity index (χ3v) is 3.90. The smallest absolute Gasteiger partial charge is 0.349 e. The van der Waals surface area contributed by atoms with Gasteiger partial charge in [-0.1, -0.05) is 0 Å². The third-order valence-electron chi connectivity index (χ3n) is 3.90. The fraction of sp³-hybridized carbons (Fsp3) is 0.111. The van der Waals surface area contributed by atoms with Crippen LogP contribution in [-0.4, -0.2) is 22.3 Å². The molecule has 0 N–H and O–H groups in total. The van der Waals surface area contributed by atoms with Crippen molar-refractivity contribution in [2.24, 2.45) is 0 Å². The van der Waals surface area contributed by atoms with Crippen LogP contribution in [0, 0.1) is 6.92 Å². The first kappa shape index (κ1) is 15.1. The van der Waals surface area contributed by atoms with Gasteiger partial charge in [0.2, 0.25) is 5.89 Å². The Kier molecular flexibility index (Phi) is 3.53. The Morgan fingerprint density at radius 1 is 1.00 bits per heavy atom. The highest BCUT2D eigenvalue weighted by Crippen LogP contribution is 2.29. The number of ether oxygens (including phenoxy) is 1. The number of rotatable bonds is 3. The molecule has 3 heterocycles. The molecule has 0 radical (unpaired) electrons. The SMILES string of the molecule is COc1ccc2cc(-c3nnc(-c4ccncc4)o3)c(=O)oc2c1C. The molecule has 4 rings (SSSR count). The molecule has 0 unspecified atom stereocenters. The van der Waals surface area contributed by atoms with E-state index in [1.165, 1.54) is 0 Å². The molecule has 0 fully saturated rings. The molecule has 0 amide bonds. The van der Waals surface area contributed by atoms with Gasteiger partial charge in [-0.25, -0.2) is 4.79 Å². The van der Waals surface area contributed by atoms with Crippen LogP contribution < -0.4 is 10.4 Å². The summed E-state index contributed by atoms with van der Waals surface area (Å²) in [6.07, 6.45) is 3.25. The molecule has 0 spiro atoms. The maximum absolute atomic E-state index is 12.4. The Balaban J connectivity index is 1.84. The molecule has 0 aliphatic rings. The van der Waals surface area contributed by atoms with Gasteiger partial charge in [-0.05, 0) is 37.3 Å². The second-order valence-corrected chi connectivity index (χ2v) is 5.41. The second-order valence-electron chi connectivity index (χ2n) is 5.41. The number of methoxy groups -OCH3 is 1. The average Bonchev–Trinajstić information content (AvgIpc) is 3.13. The lowest BCUT2D eigenvalue weighted by Gasteiger charge is -2.07. The summed E-state index contributed by atoms with van der Waals surface area (Å²) in [7, 11) is 1.57. The number of nitrogens with zero attached hydrogens (tertiary/aromatic N) is 3. The van der Waals surface area contributed by atoms with Gasteiger partial charge < -0.3 is 13.6 Å². The first-order valence-corrected chi connectivity index (χ1v) is 7.53. The van der Waals surface area contributed by atoms with E-state index in [-0.39, 0.29) is 11.5 Å². The highest BCUT2D eigenvalue weighted by Gasteiger charge is 2.17. The summed E-state index contributed by atoms with van der Waals surface area (Å²) in [5.41, 5.74) is 1.62. The largest absolute Gasteiger partial charge is 0.496 e. The average molecular weight is 335 g/mol. The number of aryl methyl sites for hydroxylation is 1. The Hall–Kier alpha value is -3.48. The van der Waals surface area contributed by atoms with Gasteiger partial charge in [0, 0.05) is 28.9 Å². The summed E-state index contributed by atoms with van der Waals surface area (Å²) in [6, 6.07) is 8.80. The molecule has 0 aliphatic carbocycles. The summed E-state index contributed by atoms with van der Waals surface area (Å²) in [5, 5.41) is 8.70. The van der Waals surface area contributed by atoms with Gasteiger partial charge >= 0.3 is 5.63 Å².